The molecule has 0 saturated heterocycles. The Morgan fingerprint density at radius 2 is 1.96 bits per heavy atom. The third kappa shape index (κ3) is 4.88. The first-order chi connectivity index (χ1) is 10.5. The first kappa shape index (κ1) is 19.3. The number of amides is 1. The van der Waals surface area contributed by atoms with Crippen molar-refractivity contribution < 1.29 is 35.5 Å². The van der Waals surface area contributed by atoms with E-state index in [1.54, 1.807) is 0 Å². The molecule has 1 aromatic carbocycles. The Bertz CT molecular complexity index is 676. The van der Waals surface area contributed by atoms with Gasteiger partial charge in [0.2, 0.25) is 15.9 Å². The van der Waals surface area contributed by atoms with Crippen molar-refractivity contribution in [3.05, 3.63) is 29.6 Å². The fourth-order valence-corrected chi connectivity index (χ4v) is 3.10. The van der Waals surface area contributed by atoms with Crippen LogP contribution >= 0.6 is 0 Å². The van der Waals surface area contributed by atoms with Crippen LogP contribution in [0.1, 0.15) is 5.56 Å². The number of hydrogen-bond donors (Lipinski definition) is 1. The van der Waals surface area contributed by atoms with Gasteiger partial charge in [-0.15, -0.1) is 0 Å². The molecule has 2 N–H and O–H groups in total. The monoisotopic (exact) mass is 358 g/mol. The maximum Gasteiger partial charge on any atom is 0.419 e. The Hall–Kier alpha value is -1.72. The lowest BCUT2D eigenvalue weighted by atomic mass is 10.2. The van der Waals surface area contributed by atoms with E-state index in [9.17, 15) is 30.8 Å². The van der Waals surface area contributed by atoms with Gasteiger partial charge < -0.3 is 10.5 Å². The molecule has 0 fully saturated rings. The number of alkyl halides is 3. The van der Waals surface area contributed by atoms with E-state index >= 15 is 0 Å². The number of methoxy groups -OCH3 is 1. The van der Waals surface area contributed by atoms with Gasteiger partial charge in [0.05, 0.1) is 23.6 Å². The summed E-state index contributed by atoms with van der Waals surface area (Å²) in [4.78, 5) is 10.2. The third-order valence-corrected chi connectivity index (χ3v) is 4.60. The van der Waals surface area contributed by atoms with Crippen LogP contribution in [0, 0.1) is 5.82 Å². The maximum absolute atomic E-state index is 13.2. The second-order valence-corrected chi connectivity index (χ2v) is 6.38. The number of carbonyl (C=O) groups is 1. The minimum Gasteiger partial charge on any atom is -0.383 e. The smallest absolute Gasteiger partial charge is 0.383 e. The van der Waals surface area contributed by atoms with E-state index in [2.05, 4.69) is 4.74 Å². The normalized spacial score (nSPS) is 12.6. The first-order valence-electron chi connectivity index (χ1n) is 6.14. The Labute approximate surface area is 129 Å². The van der Waals surface area contributed by atoms with E-state index in [1.165, 1.54) is 7.11 Å². The minimum absolute atomic E-state index is 0.111. The molecular weight excluding hydrogens is 344 g/mol. The number of nitrogens with zero attached hydrogens (tertiary/aromatic N) is 1. The number of ether oxygens (including phenoxy) is 1. The van der Waals surface area contributed by atoms with Crippen LogP contribution in [-0.4, -0.2) is 45.4 Å². The van der Waals surface area contributed by atoms with Crippen LogP contribution in [0.15, 0.2) is 23.1 Å². The highest BCUT2D eigenvalue weighted by Crippen LogP contribution is 2.33. The predicted octanol–water partition coefficient (Wildman–Crippen LogP) is 0.967. The molecule has 0 saturated carbocycles. The van der Waals surface area contributed by atoms with Crippen molar-refractivity contribution in [1.82, 2.24) is 4.31 Å². The summed E-state index contributed by atoms with van der Waals surface area (Å²) >= 11 is 0. The summed E-state index contributed by atoms with van der Waals surface area (Å²) in [5.41, 5.74) is 3.22. The van der Waals surface area contributed by atoms with Crippen LogP contribution in [0.3, 0.4) is 0 Å². The van der Waals surface area contributed by atoms with Crippen molar-refractivity contribution in [2.45, 2.75) is 11.1 Å². The van der Waals surface area contributed by atoms with Crippen molar-refractivity contribution in [1.29, 1.82) is 0 Å². The minimum atomic E-state index is -5.06. The molecule has 6 nitrogen and oxygen atoms in total. The molecule has 0 aliphatic rings. The summed E-state index contributed by atoms with van der Waals surface area (Å²) in [6, 6.07) is 1.25. The summed E-state index contributed by atoms with van der Waals surface area (Å²) < 4.78 is 81.2. The highest BCUT2D eigenvalue weighted by Gasteiger charge is 2.36. The molecule has 0 aromatic heterocycles. The van der Waals surface area contributed by atoms with E-state index in [4.69, 9.17) is 5.73 Å². The van der Waals surface area contributed by atoms with Gasteiger partial charge in [0, 0.05) is 13.7 Å². The number of sulfonamides is 1. The number of nitrogens with two attached hydrogens (primary N) is 1. The zero-order chi connectivity index (χ0) is 17.8. The topological polar surface area (TPSA) is 89.7 Å². The zero-order valence-electron chi connectivity index (χ0n) is 11.9. The number of primary amides is 1. The van der Waals surface area contributed by atoms with E-state index in [1.807, 2.05) is 0 Å². The number of benzene rings is 1. The van der Waals surface area contributed by atoms with Gasteiger partial charge in [-0.3, -0.25) is 4.79 Å². The number of rotatable bonds is 7. The van der Waals surface area contributed by atoms with E-state index in [-0.39, 0.29) is 19.2 Å². The van der Waals surface area contributed by atoms with Crippen molar-refractivity contribution in [2.24, 2.45) is 5.73 Å². The number of carbonyl (C=O) groups excluding carboxylic acids is 1. The Morgan fingerprint density at radius 3 is 2.43 bits per heavy atom. The molecule has 0 unspecified atom stereocenters. The summed E-state index contributed by atoms with van der Waals surface area (Å²) in [6.07, 6.45) is -5.06. The average Bonchev–Trinajstić information content (AvgIpc) is 2.41. The van der Waals surface area contributed by atoms with E-state index in [0.29, 0.717) is 16.4 Å². The van der Waals surface area contributed by atoms with Crippen molar-refractivity contribution in [3.8, 4) is 0 Å². The molecule has 1 rings (SSSR count). The molecule has 1 amide bonds. The SMILES string of the molecule is COCCN(CC(N)=O)S(=O)(=O)c1ccc(F)c(C(F)(F)F)c1. The van der Waals surface area contributed by atoms with E-state index < -0.39 is 44.9 Å². The molecule has 11 heteroatoms. The lowest BCUT2D eigenvalue weighted by Gasteiger charge is -2.21. The molecule has 0 aliphatic heterocycles. The van der Waals surface area contributed by atoms with Gasteiger partial charge in [0.25, 0.3) is 0 Å². The highest BCUT2D eigenvalue weighted by atomic mass is 32.2. The second kappa shape index (κ2) is 7.23. The molecule has 23 heavy (non-hydrogen) atoms. The molecule has 1 aromatic rings. The van der Waals surface area contributed by atoms with Crippen molar-refractivity contribution >= 4 is 15.9 Å². The standard InChI is InChI=1S/C12H14F4N2O4S/c1-22-5-4-18(7-11(17)19)23(20,21)8-2-3-10(13)9(6-8)12(14,15)16/h2-3,6H,4-5,7H2,1H3,(H2,17,19). The van der Waals surface area contributed by atoms with Gasteiger partial charge in [-0.2, -0.15) is 17.5 Å². The van der Waals surface area contributed by atoms with Gasteiger partial charge in [0.15, 0.2) is 0 Å². The summed E-state index contributed by atoms with van der Waals surface area (Å²) in [7, 11) is -3.21. The molecule has 0 atom stereocenters. The second-order valence-electron chi connectivity index (χ2n) is 4.44. The largest absolute Gasteiger partial charge is 0.419 e. The highest BCUT2D eigenvalue weighted by molar-refractivity contribution is 7.89. The Kier molecular flexibility index (Phi) is 6.08. The fraction of sp³-hybridized carbons (Fsp3) is 0.417. The van der Waals surface area contributed by atoms with E-state index in [0.717, 1.165) is 0 Å². The lowest BCUT2D eigenvalue weighted by Crippen LogP contribution is -2.40. The van der Waals surface area contributed by atoms with Crippen LogP contribution in [0.5, 0.6) is 0 Å². The number of hydrogen-bond acceptors (Lipinski definition) is 4. The van der Waals surface area contributed by atoms with Crippen LogP contribution in [0.25, 0.3) is 0 Å². The molecule has 0 aliphatic carbocycles. The van der Waals surface area contributed by atoms with Crippen LogP contribution in [0.2, 0.25) is 0 Å². The van der Waals surface area contributed by atoms with Crippen molar-refractivity contribution in [3.63, 3.8) is 0 Å². The van der Waals surface area contributed by atoms with Gasteiger partial charge in [-0.05, 0) is 18.2 Å². The molecular formula is C12H14F4N2O4S. The van der Waals surface area contributed by atoms with Crippen LogP contribution in [-0.2, 0) is 25.7 Å². The van der Waals surface area contributed by atoms with Crippen LogP contribution in [0.4, 0.5) is 17.6 Å². The number of halogens is 4. The van der Waals surface area contributed by atoms with Gasteiger partial charge in [-0.25, -0.2) is 12.8 Å². The first-order valence-corrected chi connectivity index (χ1v) is 7.58. The Morgan fingerprint density at radius 1 is 1.35 bits per heavy atom. The summed E-state index contributed by atoms with van der Waals surface area (Å²) in [6.45, 7) is -1.16. The van der Waals surface area contributed by atoms with Crippen molar-refractivity contribution in [2.75, 3.05) is 26.8 Å². The predicted molar refractivity (Wildman–Crippen MR) is 71.2 cm³/mol. The third-order valence-electron chi connectivity index (χ3n) is 2.76. The van der Waals surface area contributed by atoms with Crippen LogP contribution < -0.4 is 5.73 Å². The zero-order valence-corrected chi connectivity index (χ0v) is 12.7. The van der Waals surface area contributed by atoms with Gasteiger partial charge >= 0.3 is 6.18 Å². The molecule has 0 heterocycles. The maximum atomic E-state index is 13.2. The quantitative estimate of drug-likeness (QED) is 0.736. The molecule has 0 spiro atoms. The molecule has 0 radical (unpaired) electrons. The molecule has 130 valence electrons. The van der Waals surface area contributed by atoms with Gasteiger partial charge in [0.1, 0.15) is 5.82 Å². The molecule has 0 bridgehead atoms. The lowest BCUT2D eigenvalue weighted by molar-refractivity contribution is -0.140. The Balaban J connectivity index is 3.31. The van der Waals surface area contributed by atoms with Gasteiger partial charge in [-0.1, -0.05) is 0 Å². The summed E-state index contributed by atoms with van der Waals surface area (Å²) in [5, 5.41) is 0. The summed E-state index contributed by atoms with van der Waals surface area (Å²) in [5.74, 6) is -2.60. The average molecular weight is 358 g/mol. The fourth-order valence-electron chi connectivity index (χ4n) is 1.68.